The number of aryl methyl sites for hydroxylation is 1. The van der Waals surface area contributed by atoms with Gasteiger partial charge in [0.2, 0.25) is 0 Å². The molecule has 8 heteroatoms. The van der Waals surface area contributed by atoms with Gasteiger partial charge in [-0.05, 0) is 32.3 Å². The molecule has 3 N–H and O–H groups in total. The lowest BCUT2D eigenvalue weighted by atomic mass is 10.0. The van der Waals surface area contributed by atoms with E-state index in [4.69, 9.17) is 0 Å². The normalized spacial score (nSPS) is 10.1. The zero-order valence-corrected chi connectivity index (χ0v) is 12.6. The zero-order valence-electron chi connectivity index (χ0n) is 12.6. The average molecular weight is 299 g/mol. The summed E-state index contributed by atoms with van der Waals surface area (Å²) in [5.74, 6) is 0. The highest BCUT2D eigenvalue weighted by molar-refractivity contribution is 5.77. The van der Waals surface area contributed by atoms with Crippen LogP contribution in [0.5, 0.6) is 0 Å². The summed E-state index contributed by atoms with van der Waals surface area (Å²) in [7, 11) is 0. The summed E-state index contributed by atoms with van der Waals surface area (Å²) in [5, 5.41) is 25.4. The summed E-state index contributed by atoms with van der Waals surface area (Å²) >= 11 is 0. The fourth-order valence-corrected chi connectivity index (χ4v) is 2.09. The van der Waals surface area contributed by atoms with E-state index >= 15 is 0 Å². The molecule has 0 radical (unpaired) electrons. The van der Waals surface area contributed by atoms with Crippen LogP contribution in [0.2, 0.25) is 0 Å². The van der Waals surface area contributed by atoms with Gasteiger partial charge >= 0.3 is 5.69 Å². The Labute approximate surface area is 122 Å². The van der Waals surface area contributed by atoms with Gasteiger partial charge in [-0.25, -0.2) is 0 Å². The third-order valence-corrected chi connectivity index (χ3v) is 3.51. The minimum atomic E-state index is -0.579. The van der Waals surface area contributed by atoms with E-state index in [0.717, 1.165) is 12.8 Å². The number of hydrogen-bond acceptors (Lipinski definition) is 5. The highest BCUT2D eigenvalue weighted by atomic mass is 16.6. The Kier molecular flexibility index (Phi) is 6.74. The molecular weight excluding hydrogens is 278 g/mol. The van der Waals surface area contributed by atoms with Crippen LogP contribution in [0.1, 0.15) is 37.8 Å². The van der Waals surface area contributed by atoms with E-state index in [2.05, 4.69) is 5.32 Å². The molecular formula is C13H21N3O5. The maximum absolute atomic E-state index is 11.3. The van der Waals surface area contributed by atoms with Crippen LogP contribution in [0.4, 0.5) is 17.1 Å². The van der Waals surface area contributed by atoms with Gasteiger partial charge in [-0.1, -0.05) is 13.8 Å². The maximum Gasteiger partial charge on any atom is 0.302 e. The fourth-order valence-electron chi connectivity index (χ4n) is 2.09. The van der Waals surface area contributed by atoms with Crippen molar-refractivity contribution < 1.29 is 15.3 Å². The topological polar surface area (TPSA) is 130 Å². The minimum absolute atomic E-state index is 0. The first-order chi connectivity index (χ1) is 9.33. The Morgan fingerprint density at radius 1 is 1.14 bits per heavy atom. The predicted molar refractivity (Wildman–Crippen MR) is 80.8 cm³/mol. The van der Waals surface area contributed by atoms with Gasteiger partial charge in [0.05, 0.1) is 9.85 Å². The molecule has 1 aromatic carbocycles. The van der Waals surface area contributed by atoms with E-state index in [1.165, 1.54) is 6.07 Å². The summed E-state index contributed by atoms with van der Waals surface area (Å²) in [6.45, 7) is 7.10. The molecule has 0 aliphatic carbocycles. The Balaban J connectivity index is 0.00000400. The number of nitro benzene ring substituents is 2. The Bertz CT molecular complexity index is 541. The van der Waals surface area contributed by atoms with Crippen LogP contribution in [-0.4, -0.2) is 21.4 Å². The van der Waals surface area contributed by atoms with Crippen LogP contribution >= 0.6 is 0 Å². The standard InChI is InChI=1S/C13H19N3O4.H2O/c1-5-10(6-2)14-12-11(15(17)18)7-8(3)9(4)13(12)16(19)20;/h7,10,14H,5-6H2,1-4H3;1H2. The molecule has 0 heterocycles. The smallest absolute Gasteiger partial charge is 0.302 e. The zero-order chi connectivity index (χ0) is 15.4. The lowest BCUT2D eigenvalue weighted by Gasteiger charge is -2.17. The molecule has 0 aromatic heterocycles. The number of anilines is 1. The number of rotatable bonds is 6. The van der Waals surface area contributed by atoms with Gasteiger partial charge in [-0.3, -0.25) is 20.2 Å². The van der Waals surface area contributed by atoms with Crippen LogP contribution in [0.3, 0.4) is 0 Å². The van der Waals surface area contributed by atoms with Gasteiger partial charge in [0.25, 0.3) is 5.69 Å². The molecule has 0 aliphatic rings. The van der Waals surface area contributed by atoms with Crippen molar-refractivity contribution in [2.24, 2.45) is 0 Å². The highest BCUT2D eigenvalue weighted by Crippen LogP contribution is 2.39. The molecule has 118 valence electrons. The van der Waals surface area contributed by atoms with Crippen molar-refractivity contribution >= 4 is 17.1 Å². The minimum Gasteiger partial charge on any atom is -0.412 e. The Hall–Kier alpha value is -2.22. The maximum atomic E-state index is 11.3. The number of benzene rings is 1. The van der Waals surface area contributed by atoms with E-state index in [-0.39, 0.29) is 28.6 Å². The van der Waals surface area contributed by atoms with Crippen LogP contribution < -0.4 is 5.32 Å². The van der Waals surface area contributed by atoms with Gasteiger partial charge < -0.3 is 10.8 Å². The number of nitrogens with zero attached hydrogens (tertiary/aromatic N) is 2. The van der Waals surface area contributed by atoms with E-state index in [0.29, 0.717) is 11.1 Å². The molecule has 0 aliphatic heterocycles. The molecule has 0 bridgehead atoms. The second kappa shape index (κ2) is 7.53. The van der Waals surface area contributed by atoms with Crippen molar-refractivity contribution in [1.82, 2.24) is 0 Å². The molecule has 0 saturated heterocycles. The van der Waals surface area contributed by atoms with Crippen molar-refractivity contribution in [2.45, 2.75) is 46.6 Å². The number of nitro groups is 2. The summed E-state index contributed by atoms with van der Waals surface area (Å²) in [6.07, 6.45) is 1.47. The molecule has 0 amide bonds. The van der Waals surface area contributed by atoms with E-state index in [9.17, 15) is 20.2 Å². The lowest BCUT2D eigenvalue weighted by molar-refractivity contribution is -0.392. The summed E-state index contributed by atoms with van der Waals surface area (Å²) in [5.41, 5.74) is 0.555. The monoisotopic (exact) mass is 299 g/mol. The van der Waals surface area contributed by atoms with E-state index in [1.807, 2.05) is 13.8 Å². The van der Waals surface area contributed by atoms with Crippen molar-refractivity contribution in [2.75, 3.05) is 5.32 Å². The molecule has 1 rings (SSSR count). The van der Waals surface area contributed by atoms with Crippen molar-refractivity contribution in [1.29, 1.82) is 0 Å². The largest absolute Gasteiger partial charge is 0.412 e. The quantitative estimate of drug-likeness (QED) is 0.637. The molecule has 0 fully saturated rings. The van der Waals surface area contributed by atoms with Gasteiger partial charge in [-0.15, -0.1) is 0 Å². The molecule has 0 saturated carbocycles. The van der Waals surface area contributed by atoms with Gasteiger partial charge in [0.1, 0.15) is 0 Å². The van der Waals surface area contributed by atoms with Crippen molar-refractivity contribution in [3.8, 4) is 0 Å². The molecule has 0 spiro atoms. The Morgan fingerprint density at radius 3 is 2.05 bits per heavy atom. The van der Waals surface area contributed by atoms with Crippen LogP contribution in [0.15, 0.2) is 6.07 Å². The SMILES string of the molecule is CCC(CC)Nc1c([N+](=O)[O-])cc(C)c(C)c1[N+](=O)[O-].O. The first kappa shape index (κ1) is 18.8. The predicted octanol–water partition coefficient (Wildman–Crippen LogP) is 2.90. The van der Waals surface area contributed by atoms with Gasteiger partial charge in [-0.2, -0.15) is 0 Å². The first-order valence-corrected chi connectivity index (χ1v) is 6.52. The molecule has 1 aromatic rings. The molecule has 21 heavy (non-hydrogen) atoms. The average Bonchev–Trinajstić information content (AvgIpc) is 2.38. The van der Waals surface area contributed by atoms with E-state index < -0.39 is 9.85 Å². The molecule has 0 atom stereocenters. The fraction of sp³-hybridized carbons (Fsp3) is 0.538. The van der Waals surface area contributed by atoms with Gasteiger partial charge in [0.15, 0.2) is 5.69 Å². The molecule has 0 unspecified atom stereocenters. The highest BCUT2D eigenvalue weighted by Gasteiger charge is 2.30. The lowest BCUT2D eigenvalue weighted by Crippen LogP contribution is -2.19. The van der Waals surface area contributed by atoms with Crippen LogP contribution in [0, 0.1) is 34.1 Å². The van der Waals surface area contributed by atoms with Crippen LogP contribution in [-0.2, 0) is 0 Å². The molecule has 8 nitrogen and oxygen atoms in total. The third kappa shape index (κ3) is 3.88. The summed E-state index contributed by atoms with van der Waals surface area (Å²) < 4.78 is 0. The third-order valence-electron chi connectivity index (χ3n) is 3.51. The Morgan fingerprint density at radius 2 is 1.67 bits per heavy atom. The van der Waals surface area contributed by atoms with Crippen molar-refractivity contribution in [3.63, 3.8) is 0 Å². The number of hydrogen-bond donors (Lipinski definition) is 1. The summed E-state index contributed by atoms with van der Waals surface area (Å²) in [4.78, 5) is 21.3. The second-order valence-electron chi connectivity index (χ2n) is 4.73. The van der Waals surface area contributed by atoms with Crippen LogP contribution in [0.25, 0.3) is 0 Å². The first-order valence-electron chi connectivity index (χ1n) is 6.52. The summed E-state index contributed by atoms with van der Waals surface area (Å²) in [6, 6.07) is 1.35. The number of nitrogens with one attached hydrogen (secondary N) is 1. The van der Waals surface area contributed by atoms with E-state index in [1.54, 1.807) is 13.8 Å². The second-order valence-corrected chi connectivity index (χ2v) is 4.73. The van der Waals surface area contributed by atoms with Crippen molar-refractivity contribution in [3.05, 3.63) is 37.4 Å². The van der Waals surface area contributed by atoms with Gasteiger partial charge in [0, 0.05) is 17.7 Å².